The third kappa shape index (κ3) is 3.65. The quantitative estimate of drug-likeness (QED) is 0.519. The molecule has 0 aliphatic carbocycles. The van der Waals surface area contributed by atoms with Gasteiger partial charge >= 0.3 is 5.97 Å². The normalized spacial score (nSPS) is 18.3. The highest BCUT2D eigenvalue weighted by molar-refractivity contribution is 7.07. The van der Waals surface area contributed by atoms with Gasteiger partial charge in [-0.1, -0.05) is 73.2 Å². The topological polar surface area (TPSA) is 81.0 Å². The van der Waals surface area contributed by atoms with Crippen molar-refractivity contribution < 1.29 is 14.3 Å². The highest BCUT2D eigenvalue weighted by Crippen LogP contribution is 2.35. The van der Waals surface area contributed by atoms with Crippen LogP contribution >= 0.6 is 11.3 Å². The molecule has 0 spiro atoms. The first-order chi connectivity index (χ1) is 17.0. The van der Waals surface area contributed by atoms with Crippen LogP contribution in [0.25, 0.3) is 5.57 Å². The van der Waals surface area contributed by atoms with Gasteiger partial charge in [-0.3, -0.25) is 14.2 Å². The maximum Gasteiger partial charge on any atom is 0.338 e. The molecule has 0 bridgehead atoms. The van der Waals surface area contributed by atoms with E-state index in [9.17, 15) is 14.4 Å². The van der Waals surface area contributed by atoms with E-state index >= 15 is 0 Å². The summed E-state index contributed by atoms with van der Waals surface area (Å²) in [5.74, 6) is -0.712. The number of thiazole rings is 1. The molecule has 0 radical (unpaired) electrons. The van der Waals surface area contributed by atoms with E-state index < -0.39 is 12.0 Å². The number of carbonyl (C=O) groups is 2. The number of fused-ring (bicyclic) bond motifs is 2. The summed E-state index contributed by atoms with van der Waals surface area (Å²) in [4.78, 5) is 47.2. The van der Waals surface area contributed by atoms with E-state index in [1.165, 1.54) is 23.0 Å². The summed E-state index contributed by atoms with van der Waals surface area (Å²) in [5.41, 5.74) is 3.19. The predicted octanol–water partition coefficient (Wildman–Crippen LogP) is 2.93. The van der Waals surface area contributed by atoms with E-state index in [1.54, 1.807) is 11.8 Å². The van der Waals surface area contributed by atoms with Gasteiger partial charge in [-0.15, -0.1) is 0 Å². The molecule has 5 rings (SSSR count). The molecule has 0 unspecified atom stereocenters. The van der Waals surface area contributed by atoms with Gasteiger partial charge in [0.15, 0.2) is 4.80 Å². The predicted molar refractivity (Wildman–Crippen MR) is 135 cm³/mol. The number of carbonyl (C=O) groups excluding carboxylic acids is 2. The molecule has 0 saturated heterocycles. The molecular formula is C27H25N3O4S. The van der Waals surface area contributed by atoms with Crippen LogP contribution in [0.1, 0.15) is 43.9 Å². The van der Waals surface area contributed by atoms with Gasteiger partial charge < -0.3 is 9.64 Å². The van der Waals surface area contributed by atoms with E-state index in [0.717, 1.165) is 29.7 Å². The van der Waals surface area contributed by atoms with Crippen LogP contribution in [-0.2, 0) is 14.3 Å². The Hall–Kier alpha value is -3.78. The molecule has 1 amide bonds. The Morgan fingerprint density at radius 2 is 1.80 bits per heavy atom. The molecule has 3 aromatic rings. The molecule has 1 atom stereocenters. The number of ether oxygens (including phenoxy) is 1. The Kier molecular flexibility index (Phi) is 5.98. The number of esters is 1. The number of unbranched alkanes of at least 4 members (excludes halogenated alkanes) is 1. The summed E-state index contributed by atoms with van der Waals surface area (Å²) in [5, 5.41) is 0. The van der Waals surface area contributed by atoms with Gasteiger partial charge in [-0.05, 0) is 25.0 Å². The molecule has 0 fully saturated rings. The molecule has 35 heavy (non-hydrogen) atoms. The monoisotopic (exact) mass is 487 g/mol. The first-order valence-corrected chi connectivity index (χ1v) is 12.4. The van der Waals surface area contributed by atoms with Crippen molar-refractivity contribution in [3.05, 3.63) is 96.7 Å². The minimum absolute atomic E-state index is 0.176. The lowest BCUT2D eigenvalue weighted by Crippen LogP contribution is -2.40. The smallest absolute Gasteiger partial charge is 0.338 e. The minimum atomic E-state index is -0.697. The van der Waals surface area contributed by atoms with Gasteiger partial charge in [0.25, 0.3) is 11.5 Å². The molecule has 3 heterocycles. The number of benzene rings is 2. The number of aromatic nitrogens is 1. The Morgan fingerprint density at radius 1 is 1.09 bits per heavy atom. The van der Waals surface area contributed by atoms with Gasteiger partial charge in [0, 0.05) is 12.1 Å². The molecule has 1 aromatic heterocycles. The second-order valence-electron chi connectivity index (χ2n) is 8.51. The average molecular weight is 488 g/mol. The molecule has 0 N–H and O–H groups in total. The second kappa shape index (κ2) is 9.11. The number of para-hydroxylation sites is 1. The van der Waals surface area contributed by atoms with Crippen LogP contribution in [0.4, 0.5) is 5.69 Å². The van der Waals surface area contributed by atoms with Gasteiger partial charge in [-0.25, -0.2) is 9.79 Å². The van der Waals surface area contributed by atoms with Crippen LogP contribution in [0.2, 0.25) is 0 Å². The molecule has 2 aliphatic rings. The zero-order valence-corrected chi connectivity index (χ0v) is 20.6. The lowest BCUT2D eigenvalue weighted by atomic mass is 9.96. The molecule has 178 valence electrons. The van der Waals surface area contributed by atoms with E-state index in [4.69, 9.17) is 4.74 Å². The number of hydrogen-bond donors (Lipinski definition) is 0. The highest BCUT2D eigenvalue weighted by Gasteiger charge is 2.36. The Labute approximate surface area is 206 Å². The number of methoxy groups -OCH3 is 1. The maximum atomic E-state index is 14.0. The van der Waals surface area contributed by atoms with Crippen molar-refractivity contribution in [1.29, 1.82) is 0 Å². The fourth-order valence-electron chi connectivity index (χ4n) is 4.73. The van der Waals surface area contributed by atoms with E-state index in [-0.39, 0.29) is 11.5 Å². The van der Waals surface area contributed by atoms with Gasteiger partial charge in [-0.2, -0.15) is 0 Å². The molecular weight excluding hydrogens is 462 g/mol. The molecule has 7 nitrogen and oxygen atoms in total. The number of amides is 1. The number of hydrogen-bond acceptors (Lipinski definition) is 6. The molecule has 2 aliphatic heterocycles. The number of allylic oxidation sites excluding steroid dienone is 1. The standard InChI is InChI=1S/C27H25N3O4S/c1-4-5-15-29-19-14-10-9-13-18(19)21(24(29)31)23-25(32)30-22(17-11-7-6-8-12-17)20(26(33)34-3)16(2)28-27(30)35-23/h6-14,22H,4-5,15H2,1-3H3/t22-/m0/s1. The van der Waals surface area contributed by atoms with Crippen molar-refractivity contribution in [1.82, 2.24) is 4.57 Å². The van der Waals surface area contributed by atoms with Gasteiger partial charge in [0.1, 0.15) is 4.53 Å². The third-order valence-corrected chi connectivity index (χ3v) is 7.46. The number of anilines is 1. The zero-order valence-electron chi connectivity index (χ0n) is 19.8. The lowest BCUT2D eigenvalue weighted by Gasteiger charge is -2.24. The van der Waals surface area contributed by atoms with Crippen LogP contribution < -0.4 is 19.8 Å². The molecule has 2 aromatic carbocycles. The Morgan fingerprint density at radius 3 is 2.51 bits per heavy atom. The molecule has 0 saturated carbocycles. The SMILES string of the molecule is CCCCN1C(=O)C(=c2sc3n(c2=O)[C@@H](c2ccccc2)C(C(=O)OC)=C(C)N=3)c2ccccc21. The fourth-order valence-corrected chi connectivity index (χ4v) is 5.87. The van der Waals surface area contributed by atoms with E-state index in [0.29, 0.717) is 32.7 Å². The Bertz CT molecular complexity index is 1550. The zero-order chi connectivity index (χ0) is 24.7. The van der Waals surface area contributed by atoms with Crippen molar-refractivity contribution in [2.24, 2.45) is 4.99 Å². The second-order valence-corrected chi connectivity index (χ2v) is 9.48. The van der Waals surface area contributed by atoms with Crippen LogP contribution in [0, 0.1) is 0 Å². The number of rotatable bonds is 5. The van der Waals surface area contributed by atoms with Crippen molar-refractivity contribution in [3.8, 4) is 0 Å². The number of nitrogens with zero attached hydrogens (tertiary/aromatic N) is 3. The summed E-state index contributed by atoms with van der Waals surface area (Å²) < 4.78 is 6.91. The summed E-state index contributed by atoms with van der Waals surface area (Å²) in [6, 6.07) is 16.2. The fraction of sp³-hybridized carbons (Fsp3) is 0.259. The van der Waals surface area contributed by atoms with Gasteiger partial charge in [0.05, 0.1) is 35.7 Å². The van der Waals surface area contributed by atoms with Crippen LogP contribution in [0.15, 0.2) is 75.7 Å². The van der Waals surface area contributed by atoms with Crippen molar-refractivity contribution >= 4 is 34.5 Å². The van der Waals surface area contributed by atoms with Crippen LogP contribution in [-0.4, -0.2) is 30.1 Å². The van der Waals surface area contributed by atoms with Gasteiger partial charge in [0.2, 0.25) is 0 Å². The minimum Gasteiger partial charge on any atom is -0.466 e. The summed E-state index contributed by atoms with van der Waals surface area (Å²) in [7, 11) is 1.32. The van der Waals surface area contributed by atoms with Crippen LogP contribution in [0.3, 0.4) is 0 Å². The average Bonchev–Trinajstić information content (AvgIpc) is 3.34. The summed E-state index contributed by atoms with van der Waals surface area (Å²) in [6.45, 7) is 4.41. The van der Waals surface area contributed by atoms with Crippen LogP contribution in [0.5, 0.6) is 0 Å². The Balaban J connectivity index is 1.80. The van der Waals surface area contributed by atoms with Crippen molar-refractivity contribution in [3.63, 3.8) is 0 Å². The summed E-state index contributed by atoms with van der Waals surface area (Å²) >= 11 is 1.19. The summed E-state index contributed by atoms with van der Waals surface area (Å²) in [6.07, 6.45) is 1.82. The largest absolute Gasteiger partial charge is 0.466 e. The first-order valence-electron chi connectivity index (χ1n) is 11.6. The first kappa shape index (κ1) is 23.0. The van der Waals surface area contributed by atoms with Crippen molar-refractivity contribution in [2.45, 2.75) is 32.7 Å². The third-order valence-electron chi connectivity index (χ3n) is 6.40. The maximum absolute atomic E-state index is 14.0. The molecule has 8 heteroatoms. The van der Waals surface area contributed by atoms with Crippen molar-refractivity contribution in [2.75, 3.05) is 18.6 Å². The van der Waals surface area contributed by atoms with E-state index in [2.05, 4.69) is 11.9 Å². The lowest BCUT2D eigenvalue weighted by molar-refractivity contribution is -0.136. The highest BCUT2D eigenvalue weighted by atomic mass is 32.1. The van der Waals surface area contributed by atoms with E-state index in [1.807, 2.05) is 54.6 Å².